The summed E-state index contributed by atoms with van der Waals surface area (Å²) in [7, 11) is 0. The Hall–Kier alpha value is -2.21. The van der Waals surface area contributed by atoms with Gasteiger partial charge in [0.1, 0.15) is 0 Å². The summed E-state index contributed by atoms with van der Waals surface area (Å²) in [6.07, 6.45) is 3.26. The van der Waals surface area contributed by atoms with Gasteiger partial charge in [0, 0.05) is 11.6 Å². The normalized spacial score (nSPS) is 19.1. The van der Waals surface area contributed by atoms with Gasteiger partial charge in [0.2, 0.25) is 0 Å². The SMILES string of the molecule is O=C(CN1C(=O)C(=O)N(C2CCCC2)C1=O)c1ccccc1Cl. The lowest BCUT2D eigenvalue weighted by atomic mass is 10.1. The molecule has 120 valence electrons. The van der Waals surface area contributed by atoms with Crippen molar-refractivity contribution in [3.63, 3.8) is 0 Å². The van der Waals surface area contributed by atoms with Gasteiger partial charge < -0.3 is 0 Å². The second-order valence-electron chi connectivity index (χ2n) is 5.69. The maximum atomic E-state index is 12.4. The van der Waals surface area contributed by atoms with Crippen LogP contribution in [0.15, 0.2) is 24.3 Å². The standard InChI is InChI=1S/C16H15ClN2O4/c17-12-8-4-3-7-11(12)13(20)9-18-14(21)15(22)19(16(18)23)10-5-1-2-6-10/h3-4,7-8,10H,1-2,5-6,9H2. The molecule has 4 amide bonds. The molecule has 1 heterocycles. The zero-order valence-corrected chi connectivity index (χ0v) is 13.1. The maximum Gasteiger partial charge on any atom is 0.334 e. The van der Waals surface area contributed by atoms with Crippen LogP contribution in [0.3, 0.4) is 0 Å². The van der Waals surface area contributed by atoms with Gasteiger partial charge in [0.25, 0.3) is 0 Å². The molecule has 1 aliphatic carbocycles. The van der Waals surface area contributed by atoms with Crippen molar-refractivity contribution in [2.45, 2.75) is 31.7 Å². The molecule has 0 bridgehead atoms. The highest BCUT2D eigenvalue weighted by Crippen LogP contribution is 2.28. The van der Waals surface area contributed by atoms with Crippen molar-refractivity contribution in [1.82, 2.24) is 9.80 Å². The Labute approximate surface area is 138 Å². The fraction of sp³-hybridized carbons (Fsp3) is 0.375. The van der Waals surface area contributed by atoms with E-state index in [2.05, 4.69) is 0 Å². The van der Waals surface area contributed by atoms with Crippen LogP contribution in [0.25, 0.3) is 0 Å². The van der Waals surface area contributed by atoms with E-state index in [0.29, 0.717) is 17.7 Å². The molecule has 0 aromatic heterocycles. The monoisotopic (exact) mass is 334 g/mol. The fourth-order valence-corrected chi connectivity index (χ4v) is 3.30. The molecule has 7 heteroatoms. The average Bonchev–Trinajstić information content (AvgIpc) is 3.11. The van der Waals surface area contributed by atoms with Crippen LogP contribution < -0.4 is 0 Å². The molecule has 23 heavy (non-hydrogen) atoms. The van der Waals surface area contributed by atoms with Crippen LogP contribution in [0.1, 0.15) is 36.0 Å². The van der Waals surface area contributed by atoms with Gasteiger partial charge in [-0.15, -0.1) is 0 Å². The van der Waals surface area contributed by atoms with Crippen LogP contribution in [0.2, 0.25) is 5.02 Å². The first kappa shape index (κ1) is 15.7. The number of halogens is 1. The number of carbonyl (C=O) groups excluding carboxylic acids is 4. The highest BCUT2D eigenvalue weighted by molar-refractivity contribution is 6.45. The minimum atomic E-state index is -0.942. The number of ketones is 1. The first-order chi connectivity index (χ1) is 11.0. The average molecular weight is 335 g/mol. The zero-order valence-electron chi connectivity index (χ0n) is 12.3. The summed E-state index contributed by atoms with van der Waals surface area (Å²) in [4.78, 5) is 50.5. The van der Waals surface area contributed by atoms with Crippen molar-refractivity contribution >= 4 is 35.2 Å². The molecule has 0 N–H and O–H groups in total. The highest BCUT2D eigenvalue weighted by atomic mass is 35.5. The van der Waals surface area contributed by atoms with Gasteiger partial charge in [-0.2, -0.15) is 0 Å². The van der Waals surface area contributed by atoms with Crippen LogP contribution in [0, 0.1) is 0 Å². The summed E-state index contributed by atoms with van der Waals surface area (Å²) in [5.74, 6) is -2.26. The molecule has 2 fully saturated rings. The molecule has 0 atom stereocenters. The number of hydrogen-bond donors (Lipinski definition) is 0. The number of imide groups is 2. The Morgan fingerprint density at radius 3 is 2.39 bits per heavy atom. The van der Waals surface area contributed by atoms with E-state index in [-0.39, 0.29) is 16.6 Å². The summed E-state index contributed by atoms with van der Waals surface area (Å²) in [6.45, 7) is -0.476. The number of nitrogens with zero attached hydrogens (tertiary/aromatic N) is 2. The second kappa shape index (κ2) is 6.12. The van der Waals surface area contributed by atoms with E-state index in [0.717, 1.165) is 17.7 Å². The third-order valence-corrected chi connectivity index (χ3v) is 4.58. The van der Waals surface area contributed by atoms with Crippen LogP contribution in [-0.4, -0.2) is 46.0 Å². The number of Topliss-reactive ketones (excluding diaryl/α,β-unsaturated/α-hetero) is 1. The van der Waals surface area contributed by atoms with E-state index in [1.165, 1.54) is 6.07 Å². The van der Waals surface area contributed by atoms with E-state index in [4.69, 9.17) is 11.6 Å². The third-order valence-electron chi connectivity index (χ3n) is 4.25. The summed E-state index contributed by atoms with van der Waals surface area (Å²) >= 11 is 5.95. The van der Waals surface area contributed by atoms with Crippen molar-refractivity contribution in [2.75, 3.05) is 6.54 Å². The van der Waals surface area contributed by atoms with Crippen molar-refractivity contribution in [1.29, 1.82) is 0 Å². The van der Waals surface area contributed by atoms with E-state index in [1.807, 2.05) is 0 Å². The molecule has 6 nitrogen and oxygen atoms in total. The van der Waals surface area contributed by atoms with Gasteiger partial charge in [-0.3, -0.25) is 19.3 Å². The summed E-state index contributed by atoms with van der Waals surface area (Å²) in [5, 5.41) is 0.246. The number of amides is 4. The molecule has 1 aromatic rings. The lowest BCUT2D eigenvalue weighted by Gasteiger charge is -2.20. The van der Waals surface area contributed by atoms with E-state index < -0.39 is 30.2 Å². The van der Waals surface area contributed by atoms with E-state index in [1.54, 1.807) is 18.2 Å². The molecule has 1 aromatic carbocycles. The Morgan fingerprint density at radius 1 is 1.09 bits per heavy atom. The first-order valence-electron chi connectivity index (χ1n) is 7.47. The summed E-state index contributed by atoms with van der Waals surface area (Å²) in [5.41, 5.74) is 0.224. The van der Waals surface area contributed by atoms with Crippen molar-refractivity contribution in [3.05, 3.63) is 34.9 Å². The molecule has 1 saturated heterocycles. The summed E-state index contributed by atoms with van der Waals surface area (Å²) < 4.78 is 0. The van der Waals surface area contributed by atoms with Crippen LogP contribution in [-0.2, 0) is 9.59 Å². The van der Waals surface area contributed by atoms with Crippen molar-refractivity contribution < 1.29 is 19.2 Å². The molecule has 3 rings (SSSR count). The van der Waals surface area contributed by atoms with Crippen molar-refractivity contribution in [3.8, 4) is 0 Å². The van der Waals surface area contributed by atoms with Gasteiger partial charge in [-0.1, -0.05) is 36.6 Å². The predicted molar refractivity (Wildman–Crippen MR) is 82.0 cm³/mol. The summed E-state index contributed by atoms with van der Waals surface area (Å²) in [6, 6.07) is 5.45. The van der Waals surface area contributed by atoms with Gasteiger partial charge >= 0.3 is 17.8 Å². The second-order valence-corrected chi connectivity index (χ2v) is 6.10. The van der Waals surface area contributed by atoms with Gasteiger partial charge in [0.05, 0.1) is 11.6 Å². The molecule has 2 aliphatic rings. The largest absolute Gasteiger partial charge is 0.334 e. The number of hydrogen-bond acceptors (Lipinski definition) is 4. The minimum Gasteiger partial charge on any atom is -0.292 e. The van der Waals surface area contributed by atoms with Crippen LogP contribution >= 0.6 is 11.6 Å². The zero-order chi connectivity index (χ0) is 16.6. The lowest BCUT2D eigenvalue weighted by molar-refractivity contribution is -0.143. The highest BCUT2D eigenvalue weighted by Gasteiger charge is 2.48. The Kier molecular flexibility index (Phi) is 4.17. The van der Waals surface area contributed by atoms with Crippen molar-refractivity contribution in [2.24, 2.45) is 0 Å². The molecule has 1 saturated carbocycles. The Bertz CT molecular complexity index is 697. The lowest BCUT2D eigenvalue weighted by Crippen LogP contribution is -2.41. The third kappa shape index (κ3) is 2.74. The fourth-order valence-electron chi connectivity index (χ4n) is 3.06. The number of carbonyl (C=O) groups is 4. The topological polar surface area (TPSA) is 74.8 Å². The predicted octanol–water partition coefficient (Wildman–Crippen LogP) is 2.26. The Balaban J connectivity index is 1.79. The number of benzene rings is 1. The van der Waals surface area contributed by atoms with E-state index in [9.17, 15) is 19.2 Å². The quantitative estimate of drug-likeness (QED) is 0.481. The molecular formula is C16H15ClN2O4. The molecule has 0 unspecified atom stereocenters. The first-order valence-corrected chi connectivity index (χ1v) is 7.85. The van der Waals surface area contributed by atoms with E-state index >= 15 is 0 Å². The molecule has 0 spiro atoms. The number of rotatable bonds is 4. The maximum absolute atomic E-state index is 12.4. The molecule has 1 aliphatic heterocycles. The van der Waals surface area contributed by atoms with Gasteiger partial charge in [-0.05, 0) is 25.0 Å². The Morgan fingerprint density at radius 2 is 1.74 bits per heavy atom. The number of urea groups is 1. The molecule has 0 radical (unpaired) electrons. The smallest absolute Gasteiger partial charge is 0.292 e. The van der Waals surface area contributed by atoms with Gasteiger partial charge in [0.15, 0.2) is 5.78 Å². The molecular weight excluding hydrogens is 320 g/mol. The van der Waals surface area contributed by atoms with Crippen LogP contribution in [0.4, 0.5) is 4.79 Å². The minimum absolute atomic E-state index is 0.224. The van der Waals surface area contributed by atoms with Gasteiger partial charge in [-0.25, -0.2) is 9.69 Å². The van der Waals surface area contributed by atoms with Crippen LogP contribution in [0.5, 0.6) is 0 Å².